The molecule has 0 aliphatic carbocycles. The maximum absolute atomic E-state index is 11.9. The van der Waals surface area contributed by atoms with Crippen LogP contribution in [-0.4, -0.2) is 17.5 Å². The van der Waals surface area contributed by atoms with Crippen LogP contribution in [0.3, 0.4) is 0 Å². The van der Waals surface area contributed by atoms with E-state index in [0.717, 1.165) is 17.9 Å². The van der Waals surface area contributed by atoms with Crippen LogP contribution in [0.2, 0.25) is 0 Å². The van der Waals surface area contributed by atoms with E-state index in [2.05, 4.69) is 17.2 Å². The molecule has 20 heavy (non-hydrogen) atoms. The van der Waals surface area contributed by atoms with Gasteiger partial charge in [-0.1, -0.05) is 6.92 Å². The van der Waals surface area contributed by atoms with Crippen LogP contribution in [0, 0.1) is 0 Å². The molecular formula is C15H17ClN2O2. The van der Waals surface area contributed by atoms with Crippen molar-refractivity contribution < 1.29 is 9.53 Å². The van der Waals surface area contributed by atoms with Gasteiger partial charge in [-0.3, -0.25) is 9.78 Å². The van der Waals surface area contributed by atoms with Crippen molar-refractivity contribution in [1.29, 1.82) is 0 Å². The average molecular weight is 293 g/mol. The highest BCUT2D eigenvalue weighted by molar-refractivity contribution is 6.04. The topological polar surface area (TPSA) is 51.2 Å². The summed E-state index contributed by atoms with van der Waals surface area (Å²) in [5, 5.41) is 2.81. The molecule has 0 fully saturated rings. The highest BCUT2D eigenvalue weighted by Gasteiger charge is 2.05. The fraction of sp³-hybridized carbons (Fsp3) is 0.200. The number of rotatable bonds is 5. The highest BCUT2D eigenvalue weighted by Crippen LogP contribution is 2.16. The standard InChI is InChI=1S/C15H16N2O2.ClH/c1-2-10-19-14-7-5-13(6-8-14)17-15(18)12-4-3-9-16-11-12;/h3-9,11H,2,10H2,1H3,(H,17,18);1H. The second-order valence-corrected chi connectivity index (χ2v) is 4.07. The van der Waals surface area contributed by atoms with E-state index in [-0.39, 0.29) is 18.3 Å². The summed E-state index contributed by atoms with van der Waals surface area (Å²) in [4.78, 5) is 15.8. The first-order valence-corrected chi connectivity index (χ1v) is 6.24. The second-order valence-electron chi connectivity index (χ2n) is 4.07. The lowest BCUT2D eigenvalue weighted by Crippen LogP contribution is -2.11. The zero-order chi connectivity index (χ0) is 13.5. The van der Waals surface area contributed by atoms with Crippen LogP contribution >= 0.6 is 12.4 Å². The van der Waals surface area contributed by atoms with Crippen LogP contribution in [-0.2, 0) is 0 Å². The average Bonchev–Trinajstić information content (AvgIpc) is 2.47. The molecule has 1 N–H and O–H groups in total. The molecule has 1 heterocycles. The summed E-state index contributed by atoms with van der Waals surface area (Å²) in [6.45, 7) is 2.75. The van der Waals surface area contributed by atoms with Gasteiger partial charge in [0.2, 0.25) is 0 Å². The number of amides is 1. The molecule has 1 amide bonds. The fourth-order valence-electron chi connectivity index (χ4n) is 1.55. The number of ether oxygens (including phenoxy) is 1. The van der Waals surface area contributed by atoms with E-state index in [9.17, 15) is 4.79 Å². The zero-order valence-corrected chi connectivity index (χ0v) is 12.0. The van der Waals surface area contributed by atoms with Crippen LogP contribution in [0.5, 0.6) is 5.75 Å². The molecule has 2 rings (SSSR count). The molecular weight excluding hydrogens is 276 g/mol. The zero-order valence-electron chi connectivity index (χ0n) is 11.2. The summed E-state index contributed by atoms with van der Waals surface area (Å²) >= 11 is 0. The van der Waals surface area contributed by atoms with E-state index in [0.29, 0.717) is 12.2 Å². The molecule has 0 saturated carbocycles. The SMILES string of the molecule is CCCOc1ccc(NC(=O)c2cccnc2)cc1.Cl. The number of carbonyl (C=O) groups excluding carboxylic acids is 1. The number of aromatic nitrogens is 1. The minimum Gasteiger partial charge on any atom is -0.494 e. The Balaban J connectivity index is 0.00000200. The number of carbonyl (C=O) groups is 1. The van der Waals surface area contributed by atoms with Crippen molar-refractivity contribution in [2.45, 2.75) is 13.3 Å². The van der Waals surface area contributed by atoms with Gasteiger partial charge in [-0.25, -0.2) is 0 Å². The van der Waals surface area contributed by atoms with E-state index in [4.69, 9.17) is 4.74 Å². The van der Waals surface area contributed by atoms with Crippen LogP contribution in [0.1, 0.15) is 23.7 Å². The van der Waals surface area contributed by atoms with Crippen molar-refractivity contribution in [3.8, 4) is 5.75 Å². The minimum atomic E-state index is -0.171. The summed E-state index contributed by atoms with van der Waals surface area (Å²) in [6.07, 6.45) is 4.14. The molecule has 106 valence electrons. The molecule has 2 aromatic rings. The first-order chi connectivity index (χ1) is 9.29. The van der Waals surface area contributed by atoms with E-state index >= 15 is 0 Å². The summed E-state index contributed by atoms with van der Waals surface area (Å²) in [7, 11) is 0. The molecule has 5 heteroatoms. The molecule has 0 atom stereocenters. The smallest absolute Gasteiger partial charge is 0.257 e. The van der Waals surface area contributed by atoms with Gasteiger partial charge >= 0.3 is 0 Å². The van der Waals surface area contributed by atoms with Crippen molar-refractivity contribution >= 4 is 24.0 Å². The molecule has 1 aromatic carbocycles. The van der Waals surface area contributed by atoms with Crippen LogP contribution < -0.4 is 10.1 Å². The van der Waals surface area contributed by atoms with Gasteiger partial charge in [0.15, 0.2) is 0 Å². The second kappa shape index (κ2) is 8.17. The molecule has 0 aliphatic heterocycles. The summed E-state index contributed by atoms with van der Waals surface area (Å²) in [6, 6.07) is 10.8. The maximum Gasteiger partial charge on any atom is 0.257 e. The predicted octanol–water partition coefficient (Wildman–Crippen LogP) is 3.54. The Labute approximate surface area is 124 Å². The van der Waals surface area contributed by atoms with Gasteiger partial charge in [0.05, 0.1) is 12.2 Å². The summed E-state index contributed by atoms with van der Waals surface area (Å²) in [5.41, 5.74) is 1.27. The van der Waals surface area contributed by atoms with Crippen LogP contribution in [0.15, 0.2) is 48.8 Å². The number of pyridine rings is 1. The lowest BCUT2D eigenvalue weighted by atomic mass is 10.2. The number of nitrogens with one attached hydrogen (secondary N) is 1. The third-order valence-corrected chi connectivity index (χ3v) is 2.51. The first kappa shape index (κ1) is 16.0. The largest absolute Gasteiger partial charge is 0.494 e. The third-order valence-electron chi connectivity index (χ3n) is 2.51. The van der Waals surface area contributed by atoms with Gasteiger partial charge in [0, 0.05) is 18.1 Å². The van der Waals surface area contributed by atoms with E-state index in [1.807, 2.05) is 24.3 Å². The number of nitrogens with zero attached hydrogens (tertiary/aromatic N) is 1. The number of halogens is 1. The Hall–Kier alpha value is -2.07. The van der Waals surface area contributed by atoms with E-state index in [1.165, 1.54) is 6.20 Å². The quantitative estimate of drug-likeness (QED) is 0.917. The molecule has 0 saturated heterocycles. The van der Waals surface area contributed by atoms with Crippen molar-refractivity contribution in [2.24, 2.45) is 0 Å². The number of anilines is 1. The maximum atomic E-state index is 11.9. The first-order valence-electron chi connectivity index (χ1n) is 6.24. The third kappa shape index (κ3) is 4.55. The number of hydrogen-bond acceptors (Lipinski definition) is 3. The number of benzene rings is 1. The van der Waals surface area contributed by atoms with Crippen molar-refractivity contribution in [3.05, 3.63) is 54.4 Å². The van der Waals surface area contributed by atoms with Gasteiger partial charge in [-0.15, -0.1) is 12.4 Å². The molecule has 0 unspecified atom stereocenters. The lowest BCUT2D eigenvalue weighted by Gasteiger charge is -2.07. The van der Waals surface area contributed by atoms with Gasteiger partial charge in [-0.2, -0.15) is 0 Å². The summed E-state index contributed by atoms with van der Waals surface area (Å²) < 4.78 is 5.48. The monoisotopic (exact) mass is 292 g/mol. The highest BCUT2D eigenvalue weighted by atomic mass is 35.5. The van der Waals surface area contributed by atoms with Crippen LogP contribution in [0.25, 0.3) is 0 Å². The molecule has 4 nitrogen and oxygen atoms in total. The number of hydrogen-bond donors (Lipinski definition) is 1. The van der Waals surface area contributed by atoms with Crippen molar-refractivity contribution in [2.75, 3.05) is 11.9 Å². The Morgan fingerprint density at radius 3 is 2.60 bits per heavy atom. The van der Waals surface area contributed by atoms with Gasteiger partial charge in [0.1, 0.15) is 5.75 Å². The Bertz CT molecular complexity index is 529. The predicted molar refractivity (Wildman–Crippen MR) is 81.7 cm³/mol. The molecule has 1 aromatic heterocycles. The summed E-state index contributed by atoms with van der Waals surface area (Å²) in [5.74, 6) is 0.636. The van der Waals surface area contributed by atoms with Gasteiger partial charge in [-0.05, 0) is 42.8 Å². The molecule has 0 radical (unpaired) electrons. The minimum absolute atomic E-state index is 0. The van der Waals surface area contributed by atoms with E-state index < -0.39 is 0 Å². The normalized spacial score (nSPS) is 9.45. The van der Waals surface area contributed by atoms with E-state index in [1.54, 1.807) is 18.3 Å². The molecule has 0 aliphatic rings. The molecule has 0 spiro atoms. The Morgan fingerprint density at radius 1 is 1.25 bits per heavy atom. The fourth-order valence-corrected chi connectivity index (χ4v) is 1.55. The Morgan fingerprint density at radius 2 is 2.00 bits per heavy atom. The van der Waals surface area contributed by atoms with Crippen molar-refractivity contribution in [3.63, 3.8) is 0 Å². The lowest BCUT2D eigenvalue weighted by molar-refractivity contribution is 0.102. The Kier molecular flexibility index (Phi) is 6.53. The van der Waals surface area contributed by atoms with Gasteiger partial charge < -0.3 is 10.1 Å². The van der Waals surface area contributed by atoms with Crippen molar-refractivity contribution in [1.82, 2.24) is 4.98 Å². The molecule has 0 bridgehead atoms. The van der Waals surface area contributed by atoms with Gasteiger partial charge in [0.25, 0.3) is 5.91 Å². The van der Waals surface area contributed by atoms with Crippen LogP contribution in [0.4, 0.5) is 5.69 Å².